The molecule has 1 heterocycles. The second kappa shape index (κ2) is 13.4. The molecule has 11 nitrogen and oxygen atoms in total. The summed E-state index contributed by atoms with van der Waals surface area (Å²) in [5, 5.41) is 11.4. The van der Waals surface area contributed by atoms with Crippen LogP contribution >= 0.6 is 0 Å². The van der Waals surface area contributed by atoms with Gasteiger partial charge in [0.15, 0.2) is 0 Å². The van der Waals surface area contributed by atoms with Crippen LogP contribution in [-0.2, 0) is 20.8 Å². The molecule has 1 saturated heterocycles. The number of hydrogen-bond acceptors (Lipinski definition) is 7. The van der Waals surface area contributed by atoms with Crippen molar-refractivity contribution in [1.82, 2.24) is 26.2 Å². The van der Waals surface area contributed by atoms with E-state index in [4.69, 9.17) is 11.5 Å². The lowest BCUT2D eigenvalue weighted by atomic mass is 10.0. The van der Waals surface area contributed by atoms with E-state index in [1.165, 1.54) is 0 Å². The van der Waals surface area contributed by atoms with Gasteiger partial charge < -0.3 is 37.6 Å². The normalized spacial score (nSPS) is 21.6. The molecular formula is C24H37N7O4. The smallest absolute Gasteiger partial charge is 0.248 e. The maximum atomic E-state index is 12.8. The molecule has 1 aromatic rings. The van der Waals surface area contributed by atoms with Crippen molar-refractivity contribution in [2.24, 2.45) is 11.5 Å². The molecule has 8 N–H and O–H groups in total. The minimum Gasteiger partial charge on any atom is -0.386 e. The molecule has 0 unspecified atom stereocenters. The van der Waals surface area contributed by atoms with Gasteiger partial charge in [-0.05, 0) is 44.0 Å². The SMILES string of the molecule is C=C1NCCN(C)CC[C@@H](NC(=O)[C@@H](N)Cc2ccc(C(N)=O)cc2)C(=O)NCC(=O)N[C@H]1CC. The monoisotopic (exact) mass is 487 g/mol. The quantitative estimate of drug-likeness (QED) is 0.286. The number of benzene rings is 1. The highest BCUT2D eigenvalue weighted by Gasteiger charge is 2.25. The fourth-order valence-electron chi connectivity index (χ4n) is 3.66. The molecule has 192 valence electrons. The summed E-state index contributed by atoms with van der Waals surface area (Å²) in [4.78, 5) is 51.2. The van der Waals surface area contributed by atoms with E-state index in [2.05, 4.69) is 27.8 Å². The molecule has 4 amide bonds. The second-order valence-electron chi connectivity index (χ2n) is 8.72. The maximum Gasteiger partial charge on any atom is 0.248 e. The number of amides is 4. The zero-order valence-electron chi connectivity index (χ0n) is 20.4. The molecule has 0 aromatic heterocycles. The van der Waals surface area contributed by atoms with Gasteiger partial charge in [0, 0.05) is 30.9 Å². The van der Waals surface area contributed by atoms with Crippen LogP contribution in [0.15, 0.2) is 36.5 Å². The lowest BCUT2D eigenvalue weighted by Gasteiger charge is -2.26. The number of nitrogens with zero attached hydrogens (tertiary/aromatic N) is 1. The van der Waals surface area contributed by atoms with Gasteiger partial charge >= 0.3 is 0 Å². The molecule has 11 heteroatoms. The van der Waals surface area contributed by atoms with Gasteiger partial charge in [-0.3, -0.25) is 19.2 Å². The summed E-state index contributed by atoms with van der Waals surface area (Å²) >= 11 is 0. The minimum atomic E-state index is -0.906. The van der Waals surface area contributed by atoms with E-state index in [0.717, 1.165) is 11.3 Å². The summed E-state index contributed by atoms with van der Waals surface area (Å²) in [6.07, 6.45) is 1.22. The third-order valence-electron chi connectivity index (χ3n) is 5.90. The van der Waals surface area contributed by atoms with Crippen molar-refractivity contribution in [3.63, 3.8) is 0 Å². The number of hydrogen-bond donors (Lipinski definition) is 6. The molecule has 0 saturated carbocycles. The average molecular weight is 488 g/mol. The van der Waals surface area contributed by atoms with Crippen molar-refractivity contribution in [1.29, 1.82) is 0 Å². The molecule has 1 fully saturated rings. The molecular weight excluding hydrogens is 450 g/mol. The van der Waals surface area contributed by atoms with E-state index in [0.29, 0.717) is 38.0 Å². The molecule has 1 aromatic carbocycles. The van der Waals surface area contributed by atoms with Crippen molar-refractivity contribution in [3.05, 3.63) is 47.7 Å². The van der Waals surface area contributed by atoms with Crippen LogP contribution in [0.5, 0.6) is 0 Å². The Kier molecular flexibility index (Phi) is 10.7. The van der Waals surface area contributed by atoms with Crippen molar-refractivity contribution in [3.8, 4) is 0 Å². The summed E-state index contributed by atoms with van der Waals surface area (Å²) in [6.45, 7) is 7.58. The van der Waals surface area contributed by atoms with Crippen molar-refractivity contribution in [2.45, 2.75) is 44.3 Å². The number of carbonyl (C=O) groups excluding carboxylic acids is 4. The molecule has 2 rings (SSSR count). The second-order valence-corrected chi connectivity index (χ2v) is 8.72. The van der Waals surface area contributed by atoms with Crippen molar-refractivity contribution >= 4 is 23.6 Å². The van der Waals surface area contributed by atoms with Crippen LogP contribution in [0, 0.1) is 0 Å². The molecule has 1 aliphatic heterocycles. The van der Waals surface area contributed by atoms with Gasteiger partial charge in [-0.1, -0.05) is 25.6 Å². The summed E-state index contributed by atoms with van der Waals surface area (Å²) in [7, 11) is 1.92. The average Bonchev–Trinajstić information content (AvgIpc) is 2.82. The molecule has 3 atom stereocenters. The Hall–Kier alpha value is -3.44. The molecule has 0 aliphatic carbocycles. The zero-order valence-corrected chi connectivity index (χ0v) is 20.4. The summed E-state index contributed by atoms with van der Waals surface area (Å²) in [5.41, 5.74) is 13.2. The van der Waals surface area contributed by atoms with E-state index in [9.17, 15) is 19.2 Å². The Balaban J connectivity index is 2.03. The molecule has 0 radical (unpaired) electrons. The molecule has 0 bridgehead atoms. The molecule has 35 heavy (non-hydrogen) atoms. The standard InChI is InChI=1S/C24H37N7O4/c1-4-19-15(2)27-10-12-31(3)11-9-20(24(35)28-14-21(32)29-19)30-23(34)18(25)13-16-5-7-17(8-6-16)22(26)33/h5-8,18-20,27H,2,4,9-14,25H2,1,3H3,(H2,26,33)(H,28,35)(H,29,32)(H,30,34)/t18-,19-,20+/m0/s1. The fourth-order valence-corrected chi connectivity index (χ4v) is 3.66. The highest BCUT2D eigenvalue weighted by Crippen LogP contribution is 2.07. The van der Waals surface area contributed by atoms with Gasteiger partial charge in [-0.15, -0.1) is 0 Å². The van der Waals surface area contributed by atoms with Gasteiger partial charge in [0.05, 0.1) is 18.6 Å². The predicted molar refractivity (Wildman–Crippen MR) is 133 cm³/mol. The Morgan fingerprint density at radius 1 is 1.20 bits per heavy atom. The lowest BCUT2D eigenvalue weighted by Crippen LogP contribution is -2.54. The fraction of sp³-hybridized carbons (Fsp3) is 0.500. The van der Waals surface area contributed by atoms with Gasteiger partial charge in [0.25, 0.3) is 0 Å². The van der Waals surface area contributed by atoms with E-state index >= 15 is 0 Å². The maximum absolute atomic E-state index is 12.8. The van der Waals surface area contributed by atoms with Crippen LogP contribution < -0.4 is 32.7 Å². The van der Waals surface area contributed by atoms with E-state index in [1.807, 2.05) is 18.9 Å². The largest absolute Gasteiger partial charge is 0.386 e. The topological polar surface area (TPSA) is 172 Å². The first-order chi connectivity index (χ1) is 16.6. The van der Waals surface area contributed by atoms with E-state index in [1.54, 1.807) is 24.3 Å². The zero-order chi connectivity index (χ0) is 26.0. The first-order valence-electron chi connectivity index (χ1n) is 11.7. The molecule has 1 aliphatic rings. The Bertz CT molecular complexity index is 919. The Morgan fingerprint density at radius 3 is 2.51 bits per heavy atom. The van der Waals surface area contributed by atoms with E-state index in [-0.39, 0.29) is 24.9 Å². The predicted octanol–water partition coefficient (Wildman–Crippen LogP) is -1.41. The van der Waals surface area contributed by atoms with Crippen LogP contribution in [0.4, 0.5) is 0 Å². The van der Waals surface area contributed by atoms with Crippen LogP contribution in [0.3, 0.4) is 0 Å². The van der Waals surface area contributed by atoms with Gasteiger partial charge in [-0.2, -0.15) is 0 Å². The summed E-state index contributed by atoms with van der Waals surface area (Å²) in [5.74, 6) is -1.82. The highest BCUT2D eigenvalue weighted by molar-refractivity contribution is 5.93. The number of primary amides is 1. The highest BCUT2D eigenvalue weighted by atomic mass is 16.2. The third kappa shape index (κ3) is 9.02. The van der Waals surface area contributed by atoms with Gasteiger partial charge in [0.2, 0.25) is 23.6 Å². The lowest BCUT2D eigenvalue weighted by molar-refractivity contribution is -0.131. The van der Waals surface area contributed by atoms with E-state index < -0.39 is 29.8 Å². The minimum absolute atomic E-state index is 0.218. The Morgan fingerprint density at radius 2 is 1.89 bits per heavy atom. The number of likely N-dealkylation sites (N-methyl/N-ethyl adjacent to an activating group) is 1. The summed E-state index contributed by atoms with van der Waals surface area (Å²) in [6, 6.07) is 4.50. The van der Waals surface area contributed by atoms with Crippen LogP contribution in [-0.4, -0.2) is 79.9 Å². The van der Waals surface area contributed by atoms with Crippen LogP contribution in [0.25, 0.3) is 0 Å². The van der Waals surface area contributed by atoms with Crippen molar-refractivity contribution < 1.29 is 19.2 Å². The number of rotatable bonds is 6. The first-order valence-corrected chi connectivity index (χ1v) is 11.7. The number of nitrogens with one attached hydrogen (secondary N) is 4. The Labute approximate surface area is 206 Å². The van der Waals surface area contributed by atoms with Crippen molar-refractivity contribution in [2.75, 3.05) is 33.2 Å². The number of carbonyl (C=O) groups is 4. The summed E-state index contributed by atoms with van der Waals surface area (Å²) < 4.78 is 0. The third-order valence-corrected chi connectivity index (χ3v) is 5.90. The van der Waals surface area contributed by atoms with Gasteiger partial charge in [0.1, 0.15) is 6.04 Å². The number of nitrogens with two attached hydrogens (primary N) is 2. The molecule has 0 spiro atoms. The van der Waals surface area contributed by atoms with Crippen LogP contribution in [0.1, 0.15) is 35.7 Å². The van der Waals surface area contributed by atoms with Crippen LogP contribution in [0.2, 0.25) is 0 Å². The first kappa shape index (κ1) is 27.8. The van der Waals surface area contributed by atoms with Gasteiger partial charge in [-0.25, -0.2) is 0 Å².